The van der Waals surface area contributed by atoms with Crippen LogP contribution in [0.5, 0.6) is 0 Å². The Labute approximate surface area is 117 Å². The second-order valence-electron chi connectivity index (χ2n) is 3.99. The van der Waals surface area contributed by atoms with Crippen LogP contribution >= 0.6 is 23.5 Å². The molecular formula is C12H20N2O2S2. The molecule has 4 nitrogen and oxygen atoms in total. The van der Waals surface area contributed by atoms with Crippen molar-refractivity contribution in [1.29, 1.82) is 0 Å². The van der Waals surface area contributed by atoms with Gasteiger partial charge in [-0.1, -0.05) is 24.6 Å². The van der Waals surface area contributed by atoms with Crippen molar-refractivity contribution in [3.8, 4) is 0 Å². The molecule has 18 heavy (non-hydrogen) atoms. The summed E-state index contributed by atoms with van der Waals surface area (Å²) in [5, 5.41) is 9.45. The normalized spacial score (nSPS) is 10.7. The van der Waals surface area contributed by atoms with Crippen LogP contribution in [0.1, 0.15) is 25.7 Å². The number of aryl methyl sites for hydroxylation is 1. The quantitative estimate of drug-likeness (QED) is 0.530. The highest BCUT2D eigenvalue weighted by atomic mass is 32.2. The first-order valence-electron chi connectivity index (χ1n) is 6.08. The van der Waals surface area contributed by atoms with Crippen LogP contribution < -0.4 is 0 Å². The van der Waals surface area contributed by atoms with E-state index in [9.17, 15) is 4.79 Å². The summed E-state index contributed by atoms with van der Waals surface area (Å²) in [5.41, 5.74) is 0. The minimum absolute atomic E-state index is 0.0741. The van der Waals surface area contributed by atoms with Gasteiger partial charge in [0, 0.05) is 18.9 Å². The lowest BCUT2D eigenvalue weighted by molar-refractivity contribution is -0.133. The minimum atomic E-state index is -0.799. The highest BCUT2D eigenvalue weighted by molar-refractivity contribution is 7.99. The summed E-state index contributed by atoms with van der Waals surface area (Å²) in [4.78, 5) is 14.7. The van der Waals surface area contributed by atoms with E-state index in [0.717, 1.165) is 18.1 Å². The van der Waals surface area contributed by atoms with Crippen LogP contribution in [0.25, 0.3) is 0 Å². The topological polar surface area (TPSA) is 55.1 Å². The summed E-state index contributed by atoms with van der Waals surface area (Å²) in [6.45, 7) is 0.932. The molecular weight excluding hydrogens is 268 g/mol. The van der Waals surface area contributed by atoms with E-state index in [0.29, 0.717) is 0 Å². The Balaban J connectivity index is 2.21. The maximum absolute atomic E-state index is 10.5. The van der Waals surface area contributed by atoms with Gasteiger partial charge in [-0.05, 0) is 24.9 Å². The highest BCUT2D eigenvalue weighted by Gasteiger charge is 2.05. The number of aliphatic carboxylic acids is 1. The van der Waals surface area contributed by atoms with Gasteiger partial charge in [-0.3, -0.25) is 4.79 Å². The van der Waals surface area contributed by atoms with E-state index in [1.165, 1.54) is 36.8 Å². The van der Waals surface area contributed by atoms with E-state index in [4.69, 9.17) is 5.11 Å². The first-order chi connectivity index (χ1) is 8.74. The van der Waals surface area contributed by atoms with Crippen molar-refractivity contribution in [2.75, 3.05) is 17.8 Å². The molecule has 0 unspecified atom stereocenters. The molecule has 0 atom stereocenters. The van der Waals surface area contributed by atoms with Crippen LogP contribution in [-0.2, 0) is 11.3 Å². The molecule has 0 saturated carbocycles. The largest absolute Gasteiger partial charge is 0.481 e. The number of imidazole rings is 1. The van der Waals surface area contributed by atoms with Crippen molar-refractivity contribution >= 4 is 29.5 Å². The number of hydrogen-bond donors (Lipinski definition) is 1. The number of hydrogen-bond acceptors (Lipinski definition) is 4. The smallest absolute Gasteiger partial charge is 0.313 e. The molecule has 0 spiro atoms. The van der Waals surface area contributed by atoms with E-state index in [2.05, 4.69) is 11.2 Å². The van der Waals surface area contributed by atoms with Crippen LogP contribution in [0.3, 0.4) is 0 Å². The molecule has 0 fully saturated rings. The molecule has 0 aliphatic rings. The lowest BCUT2D eigenvalue weighted by Gasteiger charge is -2.06. The molecule has 0 bridgehead atoms. The van der Waals surface area contributed by atoms with Crippen LogP contribution in [-0.4, -0.2) is 38.4 Å². The lowest BCUT2D eigenvalue weighted by Crippen LogP contribution is -2.03. The summed E-state index contributed by atoms with van der Waals surface area (Å²) in [6.07, 6.45) is 10.7. The molecule has 102 valence electrons. The molecule has 6 heteroatoms. The van der Waals surface area contributed by atoms with Crippen LogP contribution in [0.4, 0.5) is 0 Å². The minimum Gasteiger partial charge on any atom is -0.481 e. The summed E-state index contributed by atoms with van der Waals surface area (Å²) >= 11 is 3.18. The molecule has 0 amide bonds. The molecule has 0 aliphatic carbocycles. The van der Waals surface area contributed by atoms with E-state index >= 15 is 0 Å². The van der Waals surface area contributed by atoms with Crippen molar-refractivity contribution in [2.24, 2.45) is 0 Å². The van der Waals surface area contributed by atoms with E-state index < -0.39 is 5.97 Å². The third kappa shape index (κ3) is 6.35. The first-order valence-corrected chi connectivity index (χ1v) is 8.46. The third-order valence-corrected chi connectivity index (χ3v) is 4.19. The first kappa shape index (κ1) is 15.4. The van der Waals surface area contributed by atoms with E-state index in [-0.39, 0.29) is 5.75 Å². The second-order valence-corrected chi connectivity index (χ2v) is 5.92. The fourth-order valence-electron chi connectivity index (χ4n) is 1.61. The monoisotopic (exact) mass is 288 g/mol. The number of thioether (sulfide) groups is 2. The van der Waals surface area contributed by atoms with Gasteiger partial charge in [-0.15, -0.1) is 0 Å². The second kappa shape index (κ2) is 9.33. The van der Waals surface area contributed by atoms with Crippen molar-refractivity contribution in [3.05, 3.63) is 12.4 Å². The van der Waals surface area contributed by atoms with Gasteiger partial charge in [-0.2, -0.15) is 11.8 Å². The molecule has 1 rings (SSSR count). The van der Waals surface area contributed by atoms with Crippen molar-refractivity contribution in [2.45, 2.75) is 37.4 Å². The van der Waals surface area contributed by atoms with Crippen molar-refractivity contribution in [3.63, 3.8) is 0 Å². The molecule has 0 aliphatic heterocycles. The van der Waals surface area contributed by atoms with Crippen molar-refractivity contribution < 1.29 is 9.90 Å². The fourth-order valence-corrected chi connectivity index (χ4v) is 2.81. The van der Waals surface area contributed by atoms with Gasteiger partial charge in [0.25, 0.3) is 0 Å². The Bertz CT molecular complexity index is 356. The number of rotatable bonds is 10. The van der Waals surface area contributed by atoms with E-state index in [1.54, 1.807) is 6.20 Å². The Morgan fingerprint density at radius 3 is 2.89 bits per heavy atom. The molecule has 1 aromatic rings. The molecule has 1 aromatic heterocycles. The van der Waals surface area contributed by atoms with Gasteiger partial charge in [-0.25, -0.2) is 4.98 Å². The number of carboxylic acid groups (broad SMARTS) is 1. The van der Waals surface area contributed by atoms with Gasteiger partial charge in [0.15, 0.2) is 5.16 Å². The van der Waals surface area contributed by atoms with Gasteiger partial charge in [0.05, 0.1) is 5.75 Å². The predicted octanol–water partition coefficient (Wildman–Crippen LogP) is 2.98. The summed E-state index contributed by atoms with van der Waals surface area (Å²) in [7, 11) is 0. The number of carboxylic acids is 1. The molecule has 0 saturated heterocycles. The fraction of sp³-hybridized carbons (Fsp3) is 0.667. The van der Waals surface area contributed by atoms with Gasteiger partial charge >= 0.3 is 5.97 Å². The average molecular weight is 288 g/mol. The molecule has 0 aromatic carbocycles. The van der Waals surface area contributed by atoms with Gasteiger partial charge in [0.1, 0.15) is 0 Å². The maximum atomic E-state index is 10.5. The molecule has 1 N–H and O–H groups in total. The SMILES string of the molecule is CSCCCCCCn1ccnc1SCC(=O)O. The van der Waals surface area contributed by atoms with Gasteiger partial charge in [0.2, 0.25) is 0 Å². The molecule has 0 radical (unpaired) electrons. The highest BCUT2D eigenvalue weighted by Crippen LogP contribution is 2.16. The summed E-state index contributed by atoms with van der Waals surface area (Å²) in [5.74, 6) is 0.516. The Morgan fingerprint density at radius 2 is 2.17 bits per heavy atom. The standard InChI is InChI=1S/C12H20N2O2S2/c1-17-9-5-3-2-4-7-14-8-6-13-12(14)18-10-11(15)16/h6,8H,2-5,7,9-10H2,1H3,(H,15,16). The van der Waals surface area contributed by atoms with Crippen molar-refractivity contribution in [1.82, 2.24) is 9.55 Å². The zero-order valence-corrected chi connectivity index (χ0v) is 12.3. The van der Waals surface area contributed by atoms with Crippen LogP contribution in [0, 0.1) is 0 Å². The zero-order chi connectivity index (χ0) is 13.2. The van der Waals surface area contributed by atoms with Crippen LogP contribution in [0.15, 0.2) is 17.6 Å². The van der Waals surface area contributed by atoms with Gasteiger partial charge < -0.3 is 9.67 Å². The number of aromatic nitrogens is 2. The zero-order valence-electron chi connectivity index (χ0n) is 10.7. The number of nitrogens with zero attached hydrogens (tertiary/aromatic N) is 2. The maximum Gasteiger partial charge on any atom is 0.313 e. The average Bonchev–Trinajstić information content (AvgIpc) is 2.78. The number of unbranched alkanes of at least 4 members (excludes halogenated alkanes) is 3. The summed E-state index contributed by atoms with van der Waals surface area (Å²) < 4.78 is 2.04. The Hall–Kier alpha value is -0.620. The lowest BCUT2D eigenvalue weighted by atomic mass is 10.2. The summed E-state index contributed by atoms with van der Waals surface area (Å²) in [6, 6.07) is 0. The van der Waals surface area contributed by atoms with E-state index in [1.807, 2.05) is 22.5 Å². The third-order valence-electron chi connectivity index (χ3n) is 2.50. The predicted molar refractivity (Wildman–Crippen MR) is 77.4 cm³/mol. The Kier molecular flexibility index (Phi) is 8.00. The molecule has 1 heterocycles. The van der Waals surface area contributed by atoms with Crippen LogP contribution in [0.2, 0.25) is 0 Å². The number of carbonyl (C=O) groups is 1. The Morgan fingerprint density at radius 1 is 1.39 bits per heavy atom.